The smallest absolute Gasteiger partial charge is 0.231 e. The molecule has 0 saturated carbocycles. The van der Waals surface area contributed by atoms with Crippen LogP contribution in [0.2, 0.25) is 0 Å². The minimum absolute atomic E-state index is 0.0217. The van der Waals surface area contributed by atoms with E-state index in [0.717, 1.165) is 26.6 Å². The molecule has 0 aliphatic carbocycles. The minimum atomic E-state index is 0.0217. The van der Waals surface area contributed by atoms with Gasteiger partial charge >= 0.3 is 0 Å². The van der Waals surface area contributed by atoms with Gasteiger partial charge in [0.05, 0.1) is 0 Å². The first-order valence-corrected chi connectivity index (χ1v) is 13.0. The average Bonchev–Trinajstić information content (AvgIpc) is 3.51. The van der Waals surface area contributed by atoms with Gasteiger partial charge in [0, 0.05) is 39.7 Å². The van der Waals surface area contributed by atoms with Crippen molar-refractivity contribution in [2.75, 3.05) is 26.7 Å². The van der Waals surface area contributed by atoms with Gasteiger partial charge in [0.25, 0.3) is 0 Å². The van der Waals surface area contributed by atoms with E-state index in [4.69, 9.17) is 18.9 Å². The molecule has 0 amide bonds. The van der Waals surface area contributed by atoms with Crippen molar-refractivity contribution in [2.24, 2.45) is 0 Å². The third kappa shape index (κ3) is 4.68. The normalized spacial score (nSPS) is 18.9. The summed E-state index contributed by atoms with van der Waals surface area (Å²) in [5, 5.41) is 0. The van der Waals surface area contributed by atoms with Gasteiger partial charge in [0.2, 0.25) is 13.6 Å². The molecule has 3 aromatic rings. The van der Waals surface area contributed by atoms with Crippen LogP contribution in [0.15, 0.2) is 74.7 Å². The van der Waals surface area contributed by atoms with Crippen molar-refractivity contribution in [3.05, 3.63) is 91.4 Å². The summed E-state index contributed by atoms with van der Waals surface area (Å²) >= 11 is 7.24. The number of piperidine rings is 1. The molecule has 36 heavy (non-hydrogen) atoms. The Morgan fingerprint density at radius 2 is 1.19 bits per heavy atom. The Bertz CT molecular complexity index is 1330. The van der Waals surface area contributed by atoms with Crippen molar-refractivity contribution in [1.82, 2.24) is 4.90 Å². The molecule has 0 aromatic heterocycles. The maximum absolute atomic E-state index is 13.7. The molecule has 0 spiro atoms. The Kier molecular flexibility index (Phi) is 6.33. The first kappa shape index (κ1) is 23.3. The van der Waals surface area contributed by atoms with Gasteiger partial charge in [-0.15, -0.1) is 0 Å². The molecular weight excluding hydrogens is 590 g/mol. The van der Waals surface area contributed by atoms with Gasteiger partial charge in [-0.05, 0) is 53.1 Å². The van der Waals surface area contributed by atoms with Crippen molar-refractivity contribution in [2.45, 2.75) is 6.54 Å². The molecule has 3 aliphatic rings. The predicted molar refractivity (Wildman–Crippen MR) is 143 cm³/mol. The fourth-order valence-corrected chi connectivity index (χ4v) is 5.40. The Balaban J connectivity index is 1.38. The first-order valence-electron chi connectivity index (χ1n) is 11.4. The van der Waals surface area contributed by atoms with Crippen LogP contribution in [0, 0.1) is 0 Å². The number of carbonyl (C=O) groups excluding carboxylic acids is 1. The van der Waals surface area contributed by atoms with Crippen LogP contribution in [0.25, 0.3) is 12.2 Å². The highest BCUT2D eigenvalue weighted by atomic mass is 79.9. The van der Waals surface area contributed by atoms with Gasteiger partial charge in [-0.3, -0.25) is 9.69 Å². The maximum atomic E-state index is 13.7. The fraction of sp³-hybridized carbons (Fsp3) is 0.179. The summed E-state index contributed by atoms with van der Waals surface area (Å²) in [7, 11) is 0. The van der Waals surface area contributed by atoms with Crippen LogP contribution in [0.3, 0.4) is 0 Å². The fourth-order valence-electron chi connectivity index (χ4n) is 4.53. The number of rotatable bonds is 4. The number of likely N-dealkylation sites (tertiary alicyclic amines) is 1. The maximum Gasteiger partial charge on any atom is 0.231 e. The molecule has 182 valence electrons. The van der Waals surface area contributed by atoms with Crippen LogP contribution in [-0.4, -0.2) is 37.4 Å². The quantitative estimate of drug-likeness (QED) is 0.327. The Morgan fingerprint density at radius 3 is 1.69 bits per heavy atom. The van der Waals surface area contributed by atoms with E-state index in [1.807, 2.05) is 54.6 Å². The van der Waals surface area contributed by atoms with E-state index in [0.29, 0.717) is 47.2 Å². The molecule has 3 heterocycles. The van der Waals surface area contributed by atoms with E-state index in [9.17, 15) is 4.79 Å². The van der Waals surface area contributed by atoms with Crippen molar-refractivity contribution in [1.29, 1.82) is 0 Å². The molecule has 6 rings (SSSR count). The SMILES string of the molecule is O=C1/C(=C\c2cc3c(cc2Br)OCO3)CN(Cc2ccccc2)C/C1=C\c1cc2c(cc1Br)OCO2. The summed E-state index contributed by atoms with van der Waals surface area (Å²) in [5.74, 6) is 2.76. The largest absolute Gasteiger partial charge is 0.454 e. The Hall–Kier alpha value is -3.07. The molecule has 3 aromatic carbocycles. The molecular formula is C28H21Br2NO5. The lowest BCUT2D eigenvalue weighted by molar-refractivity contribution is -0.113. The highest BCUT2D eigenvalue weighted by Crippen LogP contribution is 2.40. The van der Waals surface area contributed by atoms with Crippen molar-refractivity contribution >= 4 is 49.8 Å². The number of benzene rings is 3. The zero-order valence-corrected chi connectivity index (χ0v) is 22.3. The number of ether oxygens (including phenoxy) is 4. The second kappa shape index (κ2) is 9.76. The zero-order valence-electron chi connectivity index (χ0n) is 19.1. The highest BCUT2D eigenvalue weighted by Gasteiger charge is 2.28. The second-order valence-electron chi connectivity index (χ2n) is 8.75. The average molecular weight is 611 g/mol. The van der Waals surface area contributed by atoms with Crippen molar-refractivity contribution in [3.63, 3.8) is 0 Å². The summed E-state index contributed by atoms with van der Waals surface area (Å²) in [6.45, 7) is 2.20. The van der Waals surface area contributed by atoms with Gasteiger partial charge in [-0.2, -0.15) is 0 Å². The molecule has 6 nitrogen and oxygen atoms in total. The number of ketones is 1. The predicted octanol–water partition coefficient (Wildman–Crippen LogP) is 6.22. The van der Waals surface area contributed by atoms with Gasteiger partial charge in [0.1, 0.15) is 0 Å². The molecule has 0 unspecified atom stereocenters. The Labute approximate surface area is 225 Å². The number of hydrogen-bond donors (Lipinski definition) is 0. The van der Waals surface area contributed by atoms with Crippen molar-refractivity contribution < 1.29 is 23.7 Å². The summed E-state index contributed by atoms with van der Waals surface area (Å²) in [6, 6.07) is 17.8. The molecule has 0 bridgehead atoms. The summed E-state index contributed by atoms with van der Waals surface area (Å²) in [5.41, 5.74) is 4.35. The van der Waals surface area contributed by atoms with E-state index in [1.54, 1.807) is 0 Å². The summed E-state index contributed by atoms with van der Waals surface area (Å²) in [4.78, 5) is 16.0. The van der Waals surface area contributed by atoms with Crippen molar-refractivity contribution in [3.8, 4) is 23.0 Å². The summed E-state index contributed by atoms with van der Waals surface area (Å²) < 4.78 is 23.7. The van der Waals surface area contributed by atoms with Crippen LogP contribution < -0.4 is 18.9 Å². The highest BCUT2D eigenvalue weighted by molar-refractivity contribution is 9.10. The molecule has 1 fully saturated rings. The standard InChI is InChI=1S/C28H21Br2NO5/c29-22-10-26-24(33-15-35-26)8-18(22)6-20-13-31(12-17-4-2-1-3-5-17)14-21(28(20)32)7-19-9-25-27(11-23(19)30)36-16-34-25/h1-11H,12-16H2/b20-6-,21-7+. The second-order valence-corrected chi connectivity index (χ2v) is 10.5. The van der Waals surface area contributed by atoms with Gasteiger partial charge in [0.15, 0.2) is 28.8 Å². The number of halogens is 2. The lowest BCUT2D eigenvalue weighted by atomic mass is 9.93. The summed E-state index contributed by atoms with van der Waals surface area (Å²) in [6.07, 6.45) is 3.88. The lowest BCUT2D eigenvalue weighted by Crippen LogP contribution is -2.37. The van der Waals surface area contributed by atoms with E-state index in [2.05, 4.69) is 48.9 Å². The van der Waals surface area contributed by atoms with Gasteiger partial charge in [-0.25, -0.2) is 0 Å². The Morgan fingerprint density at radius 1 is 0.722 bits per heavy atom. The van der Waals surface area contributed by atoms with E-state index in [1.165, 1.54) is 5.56 Å². The minimum Gasteiger partial charge on any atom is -0.454 e. The third-order valence-electron chi connectivity index (χ3n) is 6.26. The van der Waals surface area contributed by atoms with Gasteiger partial charge < -0.3 is 18.9 Å². The number of hydrogen-bond acceptors (Lipinski definition) is 6. The molecule has 0 N–H and O–H groups in total. The van der Waals surface area contributed by atoms with Crippen LogP contribution >= 0.6 is 31.9 Å². The third-order valence-corrected chi connectivity index (χ3v) is 7.64. The van der Waals surface area contributed by atoms with Gasteiger partial charge in [-0.1, -0.05) is 62.2 Å². The van der Waals surface area contributed by atoms with Crippen LogP contribution in [0.5, 0.6) is 23.0 Å². The van der Waals surface area contributed by atoms with Crippen LogP contribution in [0.4, 0.5) is 0 Å². The lowest BCUT2D eigenvalue weighted by Gasteiger charge is -2.30. The van der Waals surface area contributed by atoms with Crippen LogP contribution in [-0.2, 0) is 11.3 Å². The zero-order chi connectivity index (χ0) is 24.6. The molecule has 1 saturated heterocycles. The van der Waals surface area contributed by atoms with Crippen LogP contribution in [0.1, 0.15) is 16.7 Å². The number of Topliss-reactive ketones (excluding diaryl/α,β-unsaturated/α-hetero) is 1. The number of nitrogens with zero attached hydrogens (tertiary/aromatic N) is 1. The molecule has 8 heteroatoms. The molecule has 0 atom stereocenters. The molecule has 0 radical (unpaired) electrons. The van der Waals surface area contributed by atoms with E-state index < -0.39 is 0 Å². The number of fused-ring (bicyclic) bond motifs is 2. The van der Waals surface area contributed by atoms with E-state index >= 15 is 0 Å². The topological polar surface area (TPSA) is 57.2 Å². The number of carbonyl (C=O) groups is 1. The first-order chi connectivity index (χ1) is 17.5. The molecule has 3 aliphatic heterocycles. The van der Waals surface area contributed by atoms with E-state index in [-0.39, 0.29) is 19.4 Å². The monoisotopic (exact) mass is 609 g/mol.